The summed E-state index contributed by atoms with van der Waals surface area (Å²) >= 11 is 6.24. The minimum absolute atomic E-state index is 0.0230. The van der Waals surface area contributed by atoms with Crippen LogP contribution in [0, 0.1) is 0 Å². The van der Waals surface area contributed by atoms with Gasteiger partial charge in [0.05, 0.1) is 10.7 Å². The third-order valence-electron chi connectivity index (χ3n) is 2.05. The lowest BCUT2D eigenvalue weighted by Gasteiger charge is -2.05. The summed E-state index contributed by atoms with van der Waals surface area (Å²) in [6, 6.07) is 0. The fourth-order valence-electron chi connectivity index (χ4n) is 1.22. The minimum atomic E-state index is 0.0230. The summed E-state index contributed by atoms with van der Waals surface area (Å²) in [7, 11) is 0. The molecule has 0 aliphatic heterocycles. The topological polar surface area (TPSA) is 34.1 Å². The molecule has 0 spiro atoms. The molecule has 2 nitrogen and oxygen atoms in total. The van der Waals surface area contributed by atoms with E-state index < -0.39 is 0 Å². The van der Waals surface area contributed by atoms with E-state index >= 15 is 0 Å². The first kappa shape index (κ1) is 12.6. The molecule has 0 heterocycles. The highest BCUT2D eigenvalue weighted by molar-refractivity contribution is 9.09. The maximum Gasteiger partial charge on any atom is 0.169 e. The fourth-order valence-corrected chi connectivity index (χ4v) is 1.94. The second-order valence-electron chi connectivity index (χ2n) is 3.06. The number of carbonyl (C=O) groups is 2. The fraction of sp³-hybridized carbons (Fsp3) is 0.273. The number of hydrogen-bond donors (Lipinski definition) is 0. The average molecular weight is 334 g/mol. The molecule has 0 N–H and O–H groups in total. The molecule has 1 rings (SSSR count). The smallest absolute Gasteiger partial charge is 0.169 e. The van der Waals surface area contributed by atoms with Gasteiger partial charge >= 0.3 is 0 Å². The molecule has 0 radical (unpaired) electrons. The van der Waals surface area contributed by atoms with Gasteiger partial charge in [0.2, 0.25) is 0 Å². The molecule has 0 saturated carbocycles. The van der Waals surface area contributed by atoms with Gasteiger partial charge in [0.15, 0.2) is 11.6 Å². The second-order valence-corrected chi connectivity index (χ2v) is 4.18. The molecule has 0 bridgehead atoms. The first-order valence-electron chi connectivity index (χ1n) is 4.43. The molecule has 0 aromatic carbocycles. The van der Waals surface area contributed by atoms with Gasteiger partial charge < -0.3 is 0 Å². The van der Waals surface area contributed by atoms with Crippen LogP contribution in [-0.4, -0.2) is 22.2 Å². The molecular formula is C11H10Br2O2. The van der Waals surface area contributed by atoms with Crippen LogP contribution in [0.3, 0.4) is 0 Å². The molecule has 0 amide bonds. The summed E-state index contributed by atoms with van der Waals surface area (Å²) in [5.41, 5.74) is 1.34. The molecule has 0 aromatic rings. The zero-order valence-electron chi connectivity index (χ0n) is 8.00. The summed E-state index contributed by atoms with van der Waals surface area (Å²) in [4.78, 5) is 23.0. The van der Waals surface area contributed by atoms with Crippen molar-refractivity contribution >= 4 is 43.4 Å². The van der Waals surface area contributed by atoms with E-state index in [4.69, 9.17) is 0 Å². The van der Waals surface area contributed by atoms with Crippen LogP contribution >= 0.6 is 31.9 Å². The maximum atomic E-state index is 11.5. The number of carbonyl (C=O) groups excluding carboxylic acids is 2. The van der Waals surface area contributed by atoms with Crippen molar-refractivity contribution in [3.63, 3.8) is 0 Å². The van der Waals surface area contributed by atoms with Crippen molar-refractivity contribution in [1.82, 2.24) is 0 Å². The normalized spacial score (nSPS) is 15.3. The van der Waals surface area contributed by atoms with E-state index in [1.807, 2.05) is 0 Å². The second kappa shape index (κ2) is 6.18. The lowest BCUT2D eigenvalue weighted by molar-refractivity contribution is -0.113. The van der Waals surface area contributed by atoms with Crippen molar-refractivity contribution in [1.29, 1.82) is 0 Å². The Hall–Kier alpha value is -0.480. The SMILES string of the molecule is O=C(CBr)C1=CC=CC=C(C(=O)CBr)C1. The van der Waals surface area contributed by atoms with Gasteiger partial charge in [-0.1, -0.05) is 56.2 Å². The number of Topliss-reactive ketones (excluding diaryl/α,β-unsaturated/α-hetero) is 2. The van der Waals surface area contributed by atoms with E-state index in [1.54, 1.807) is 24.3 Å². The summed E-state index contributed by atoms with van der Waals surface area (Å²) < 4.78 is 0. The number of allylic oxidation sites excluding steroid dienone is 6. The summed E-state index contributed by atoms with van der Waals surface area (Å²) in [5, 5.41) is 0.588. The van der Waals surface area contributed by atoms with E-state index in [1.165, 1.54) is 0 Å². The number of ketones is 2. The number of alkyl halides is 2. The van der Waals surface area contributed by atoms with Crippen molar-refractivity contribution in [2.75, 3.05) is 10.7 Å². The Bertz CT molecular complexity index is 331. The Balaban J connectivity index is 2.86. The van der Waals surface area contributed by atoms with E-state index in [9.17, 15) is 9.59 Å². The first-order chi connectivity index (χ1) is 7.19. The van der Waals surface area contributed by atoms with Gasteiger partial charge in [-0.05, 0) is 0 Å². The monoisotopic (exact) mass is 332 g/mol. The average Bonchev–Trinajstić information content (AvgIpc) is 2.52. The van der Waals surface area contributed by atoms with Crippen LogP contribution in [0.2, 0.25) is 0 Å². The van der Waals surface area contributed by atoms with Crippen LogP contribution in [0.5, 0.6) is 0 Å². The van der Waals surface area contributed by atoms with Crippen molar-refractivity contribution in [2.24, 2.45) is 0 Å². The Morgan fingerprint density at radius 1 is 1.00 bits per heavy atom. The molecule has 15 heavy (non-hydrogen) atoms. The van der Waals surface area contributed by atoms with Crippen LogP contribution in [0.15, 0.2) is 35.5 Å². The van der Waals surface area contributed by atoms with Crippen LogP contribution in [0.1, 0.15) is 6.42 Å². The number of rotatable bonds is 4. The molecule has 0 atom stereocenters. The molecule has 1 aliphatic carbocycles. The quantitative estimate of drug-likeness (QED) is 0.741. The van der Waals surface area contributed by atoms with Gasteiger partial charge in [0.25, 0.3) is 0 Å². The zero-order chi connectivity index (χ0) is 11.3. The standard InChI is InChI=1S/C11H10Br2O2/c12-6-10(14)8-3-1-2-4-9(5-8)11(15)7-13/h1-4H,5-7H2. The molecule has 4 heteroatoms. The highest BCUT2D eigenvalue weighted by Crippen LogP contribution is 2.18. The molecule has 1 aliphatic rings. The van der Waals surface area contributed by atoms with Crippen molar-refractivity contribution in [2.45, 2.75) is 6.42 Å². The van der Waals surface area contributed by atoms with Crippen molar-refractivity contribution in [3.8, 4) is 0 Å². The van der Waals surface area contributed by atoms with Gasteiger partial charge in [-0.25, -0.2) is 0 Å². The van der Waals surface area contributed by atoms with E-state index in [0.29, 0.717) is 28.2 Å². The Morgan fingerprint density at radius 3 is 1.73 bits per heavy atom. The van der Waals surface area contributed by atoms with Crippen molar-refractivity contribution < 1.29 is 9.59 Å². The van der Waals surface area contributed by atoms with E-state index in [2.05, 4.69) is 31.9 Å². The third kappa shape index (κ3) is 3.54. The minimum Gasteiger partial charge on any atom is -0.294 e. The molecule has 80 valence electrons. The summed E-state index contributed by atoms with van der Waals surface area (Å²) in [6.45, 7) is 0. The molecule has 0 aromatic heterocycles. The Morgan fingerprint density at radius 2 is 1.40 bits per heavy atom. The third-order valence-corrected chi connectivity index (χ3v) is 3.06. The largest absolute Gasteiger partial charge is 0.294 e. The molecule has 0 fully saturated rings. The molecule has 0 unspecified atom stereocenters. The van der Waals surface area contributed by atoms with Gasteiger partial charge in [0, 0.05) is 17.6 Å². The highest BCUT2D eigenvalue weighted by Gasteiger charge is 2.15. The Kier molecular flexibility index (Phi) is 5.19. The lowest BCUT2D eigenvalue weighted by atomic mass is 10.0. The summed E-state index contributed by atoms with van der Waals surface area (Å²) in [6.07, 6.45) is 7.50. The zero-order valence-corrected chi connectivity index (χ0v) is 11.2. The Labute approximate surface area is 105 Å². The van der Waals surface area contributed by atoms with Gasteiger partial charge in [-0.3, -0.25) is 9.59 Å². The van der Waals surface area contributed by atoms with Gasteiger partial charge in [-0.2, -0.15) is 0 Å². The van der Waals surface area contributed by atoms with Crippen LogP contribution in [0.25, 0.3) is 0 Å². The predicted octanol–water partition coefficient (Wildman–Crippen LogP) is 2.73. The number of hydrogen-bond acceptors (Lipinski definition) is 2. The van der Waals surface area contributed by atoms with Gasteiger partial charge in [0.1, 0.15) is 0 Å². The lowest BCUT2D eigenvalue weighted by Crippen LogP contribution is -2.09. The van der Waals surface area contributed by atoms with Crippen LogP contribution < -0.4 is 0 Å². The summed E-state index contributed by atoms with van der Waals surface area (Å²) in [5.74, 6) is 0.0460. The highest BCUT2D eigenvalue weighted by atomic mass is 79.9. The molecular weight excluding hydrogens is 324 g/mol. The molecule has 0 saturated heterocycles. The number of halogens is 2. The van der Waals surface area contributed by atoms with Crippen molar-refractivity contribution in [3.05, 3.63) is 35.5 Å². The first-order valence-corrected chi connectivity index (χ1v) is 6.68. The maximum absolute atomic E-state index is 11.5. The van der Waals surface area contributed by atoms with E-state index in [0.717, 1.165) is 0 Å². The van der Waals surface area contributed by atoms with Crippen LogP contribution in [0.4, 0.5) is 0 Å². The van der Waals surface area contributed by atoms with E-state index in [-0.39, 0.29) is 11.6 Å². The van der Waals surface area contributed by atoms with Gasteiger partial charge in [-0.15, -0.1) is 0 Å². The predicted molar refractivity (Wildman–Crippen MR) is 67.5 cm³/mol. The van der Waals surface area contributed by atoms with Crippen LogP contribution in [-0.2, 0) is 9.59 Å².